The third kappa shape index (κ3) is 1.99. The lowest BCUT2D eigenvalue weighted by molar-refractivity contribution is -0.123. The Balaban J connectivity index is 1.83. The van der Waals surface area contributed by atoms with Gasteiger partial charge >= 0.3 is 0 Å². The van der Waals surface area contributed by atoms with E-state index in [0.717, 1.165) is 13.0 Å². The standard InChI is InChI=1S/C14H26N2O/c1-13(2)11(14(13,3)4)12(17)16-8-9-6-5-7-10(9)15/h9-11H,5-8,15H2,1-4H3,(H,16,17). The van der Waals surface area contributed by atoms with E-state index >= 15 is 0 Å². The Kier molecular flexibility index (Phi) is 3.01. The first-order valence-corrected chi connectivity index (χ1v) is 6.82. The Morgan fingerprint density at radius 2 is 1.82 bits per heavy atom. The summed E-state index contributed by atoms with van der Waals surface area (Å²) in [6, 6.07) is 0.288. The second-order valence-electron chi connectivity index (χ2n) is 6.98. The van der Waals surface area contributed by atoms with Crippen LogP contribution in [0.15, 0.2) is 0 Å². The molecule has 0 aromatic rings. The number of carbonyl (C=O) groups is 1. The number of hydrogen-bond acceptors (Lipinski definition) is 2. The molecule has 2 atom stereocenters. The topological polar surface area (TPSA) is 55.1 Å². The molecular formula is C14H26N2O. The smallest absolute Gasteiger partial charge is 0.224 e. The summed E-state index contributed by atoms with van der Waals surface area (Å²) in [5.74, 6) is 0.871. The molecule has 3 heteroatoms. The number of carbonyl (C=O) groups excluding carboxylic acids is 1. The van der Waals surface area contributed by atoms with E-state index in [4.69, 9.17) is 5.73 Å². The van der Waals surface area contributed by atoms with Crippen molar-refractivity contribution in [1.29, 1.82) is 0 Å². The van der Waals surface area contributed by atoms with Gasteiger partial charge in [-0.1, -0.05) is 34.1 Å². The largest absolute Gasteiger partial charge is 0.355 e. The van der Waals surface area contributed by atoms with Crippen LogP contribution in [0.1, 0.15) is 47.0 Å². The molecular weight excluding hydrogens is 212 g/mol. The Hall–Kier alpha value is -0.570. The van der Waals surface area contributed by atoms with Gasteiger partial charge in [0.2, 0.25) is 5.91 Å². The summed E-state index contributed by atoms with van der Waals surface area (Å²) >= 11 is 0. The van der Waals surface area contributed by atoms with E-state index in [1.54, 1.807) is 0 Å². The molecule has 0 radical (unpaired) electrons. The molecule has 2 unspecified atom stereocenters. The lowest BCUT2D eigenvalue weighted by Crippen LogP contribution is -2.37. The van der Waals surface area contributed by atoms with Crippen molar-refractivity contribution in [3.63, 3.8) is 0 Å². The zero-order chi connectivity index (χ0) is 12.8. The first-order chi connectivity index (χ1) is 7.78. The van der Waals surface area contributed by atoms with Crippen LogP contribution in [0.25, 0.3) is 0 Å². The van der Waals surface area contributed by atoms with Crippen LogP contribution in [0.3, 0.4) is 0 Å². The molecule has 0 aliphatic heterocycles. The predicted molar refractivity (Wildman–Crippen MR) is 69.4 cm³/mol. The zero-order valence-corrected chi connectivity index (χ0v) is 11.5. The van der Waals surface area contributed by atoms with E-state index < -0.39 is 0 Å². The van der Waals surface area contributed by atoms with Crippen molar-refractivity contribution in [2.24, 2.45) is 28.4 Å². The predicted octanol–water partition coefficient (Wildman–Crippen LogP) is 1.91. The SMILES string of the molecule is CC1(C)C(C(=O)NCC2CCCC2N)C1(C)C. The molecule has 2 aliphatic carbocycles. The maximum Gasteiger partial charge on any atom is 0.224 e. The van der Waals surface area contributed by atoms with E-state index in [0.29, 0.717) is 5.92 Å². The number of amides is 1. The highest BCUT2D eigenvalue weighted by Gasteiger charge is 2.68. The molecule has 3 N–H and O–H groups in total. The van der Waals surface area contributed by atoms with Crippen LogP contribution in [0.5, 0.6) is 0 Å². The average Bonchev–Trinajstić information content (AvgIpc) is 2.53. The molecule has 2 saturated carbocycles. The van der Waals surface area contributed by atoms with E-state index in [9.17, 15) is 4.79 Å². The number of nitrogens with one attached hydrogen (secondary N) is 1. The summed E-state index contributed by atoms with van der Waals surface area (Å²) in [6.07, 6.45) is 3.49. The Bertz CT molecular complexity index is 308. The second-order valence-corrected chi connectivity index (χ2v) is 6.98. The Morgan fingerprint density at radius 1 is 1.24 bits per heavy atom. The molecule has 0 saturated heterocycles. The van der Waals surface area contributed by atoms with Gasteiger partial charge in [0.25, 0.3) is 0 Å². The summed E-state index contributed by atoms with van der Waals surface area (Å²) in [4.78, 5) is 12.1. The van der Waals surface area contributed by atoms with Crippen molar-refractivity contribution >= 4 is 5.91 Å². The maximum atomic E-state index is 12.1. The molecule has 0 aromatic heterocycles. The van der Waals surface area contributed by atoms with Crippen LogP contribution in [0.4, 0.5) is 0 Å². The highest BCUT2D eigenvalue weighted by molar-refractivity contribution is 5.84. The summed E-state index contributed by atoms with van der Waals surface area (Å²) in [5, 5.41) is 3.11. The van der Waals surface area contributed by atoms with Gasteiger partial charge in [-0.15, -0.1) is 0 Å². The molecule has 98 valence electrons. The van der Waals surface area contributed by atoms with Crippen molar-refractivity contribution in [2.45, 2.75) is 53.0 Å². The molecule has 3 nitrogen and oxygen atoms in total. The molecule has 2 rings (SSSR count). The number of rotatable bonds is 3. The fourth-order valence-corrected chi connectivity index (χ4v) is 3.50. The van der Waals surface area contributed by atoms with Gasteiger partial charge in [-0.2, -0.15) is 0 Å². The zero-order valence-electron chi connectivity index (χ0n) is 11.5. The van der Waals surface area contributed by atoms with Gasteiger partial charge in [-0.3, -0.25) is 4.79 Å². The lowest BCUT2D eigenvalue weighted by atomic mass is 10.0. The summed E-state index contributed by atoms with van der Waals surface area (Å²) in [5.41, 5.74) is 6.28. The Morgan fingerprint density at radius 3 is 2.24 bits per heavy atom. The van der Waals surface area contributed by atoms with Gasteiger partial charge in [0.05, 0.1) is 0 Å². The van der Waals surface area contributed by atoms with E-state index in [-0.39, 0.29) is 28.7 Å². The van der Waals surface area contributed by atoms with Crippen LogP contribution in [0, 0.1) is 22.7 Å². The normalized spacial score (nSPS) is 34.6. The molecule has 0 heterocycles. The highest BCUT2D eigenvalue weighted by atomic mass is 16.2. The molecule has 17 heavy (non-hydrogen) atoms. The fraction of sp³-hybridized carbons (Fsp3) is 0.929. The van der Waals surface area contributed by atoms with E-state index in [1.165, 1.54) is 12.8 Å². The van der Waals surface area contributed by atoms with Crippen molar-refractivity contribution in [3.8, 4) is 0 Å². The minimum absolute atomic E-state index is 0.134. The van der Waals surface area contributed by atoms with Crippen LogP contribution in [-0.4, -0.2) is 18.5 Å². The van der Waals surface area contributed by atoms with E-state index in [2.05, 4.69) is 33.0 Å². The quantitative estimate of drug-likeness (QED) is 0.789. The van der Waals surface area contributed by atoms with Gasteiger partial charge in [-0.05, 0) is 29.6 Å². The first kappa shape index (κ1) is 12.9. The highest BCUT2D eigenvalue weighted by Crippen LogP contribution is 2.68. The Labute approximate surface area is 105 Å². The minimum atomic E-state index is 0.134. The van der Waals surface area contributed by atoms with Crippen LogP contribution >= 0.6 is 0 Å². The molecule has 0 aromatic carbocycles. The molecule has 0 spiro atoms. The van der Waals surface area contributed by atoms with Gasteiger partial charge in [0, 0.05) is 18.5 Å². The fourth-order valence-electron chi connectivity index (χ4n) is 3.50. The van der Waals surface area contributed by atoms with Gasteiger partial charge < -0.3 is 11.1 Å². The monoisotopic (exact) mass is 238 g/mol. The van der Waals surface area contributed by atoms with Crippen LogP contribution < -0.4 is 11.1 Å². The number of nitrogens with two attached hydrogens (primary N) is 1. The van der Waals surface area contributed by atoms with Crippen molar-refractivity contribution < 1.29 is 4.79 Å². The molecule has 2 fully saturated rings. The summed E-state index contributed by atoms with van der Waals surface area (Å²) in [6.45, 7) is 9.48. The van der Waals surface area contributed by atoms with Gasteiger partial charge in [0.1, 0.15) is 0 Å². The third-order valence-electron chi connectivity index (χ3n) is 5.54. The lowest BCUT2D eigenvalue weighted by Gasteiger charge is -2.16. The van der Waals surface area contributed by atoms with Crippen molar-refractivity contribution in [3.05, 3.63) is 0 Å². The summed E-state index contributed by atoms with van der Waals surface area (Å²) in [7, 11) is 0. The molecule has 0 bridgehead atoms. The molecule has 1 amide bonds. The minimum Gasteiger partial charge on any atom is -0.355 e. The van der Waals surface area contributed by atoms with Crippen molar-refractivity contribution in [1.82, 2.24) is 5.32 Å². The maximum absolute atomic E-state index is 12.1. The first-order valence-electron chi connectivity index (χ1n) is 6.82. The van der Waals surface area contributed by atoms with E-state index in [1.807, 2.05) is 0 Å². The second kappa shape index (κ2) is 3.98. The van der Waals surface area contributed by atoms with Gasteiger partial charge in [0.15, 0.2) is 0 Å². The van der Waals surface area contributed by atoms with Crippen LogP contribution in [0.2, 0.25) is 0 Å². The van der Waals surface area contributed by atoms with Crippen LogP contribution in [-0.2, 0) is 4.79 Å². The number of hydrogen-bond donors (Lipinski definition) is 2. The average molecular weight is 238 g/mol. The molecule has 2 aliphatic rings. The summed E-state index contributed by atoms with van der Waals surface area (Å²) < 4.78 is 0. The van der Waals surface area contributed by atoms with Gasteiger partial charge in [-0.25, -0.2) is 0 Å². The van der Waals surface area contributed by atoms with Crippen molar-refractivity contribution in [2.75, 3.05) is 6.54 Å². The third-order valence-corrected chi connectivity index (χ3v) is 5.54.